The molecule has 0 aliphatic rings. The number of halogens is 2. The Morgan fingerprint density at radius 1 is 0.941 bits per heavy atom. The summed E-state index contributed by atoms with van der Waals surface area (Å²) in [7, 11) is 0. The Balaban J connectivity index is 1.64. The number of aldehydes is 1. The lowest BCUT2D eigenvalue weighted by Crippen LogP contribution is -2.21. The van der Waals surface area contributed by atoms with Crippen molar-refractivity contribution in [2.75, 3.05) is 18.5 Å². The number of esters is 2. The Hall–Kier alpha value is -3.62. The Morgan fingerprint density at radius 2 is 1.62 bits per heavy atom. The number of carbonyl (C=O) groups excluding carboxylic acids is 4. The maximum atomic E-state index is 12.5. The minimum Gasteiger partial charge on any atom is -0.462 e. The molecule has 1 amide bonds. The largest absolute Gasteiger partial charge is 0.462 e. The second-order valence-corrected chi connectivity index (χ2v) is 7.78. The molecule has 8 nitrogen and oxygen atoms in total. The van der Waals surface area contributed by atoms with E-state index in [2.05, 4.69) is 5.32 Å². The number of furan rings is 1. The molecule has 0 spiro atoms. The van der Waals surface area contributed by atoms with E-state index in [4.69, 9.17) is 37.1 Å². The van der Waals surface area contributed by atoms with E-state index in [0.29, 0.717) is 24.0 Å². The highest BCUT2D eigenvalue weighted by Gasteiger charge is 2.18. The summed E-state index contributed by atoms with van der Waals surface area (Å²) in [5.74, 6) is -1.58. The molecule has 0 atom stereocenters. The topological polar surface area (TPSA) is 112 Å². The smallest absolute Gasteiger partial charge is 0.340 e. The SMILES string of the molecule is CCCOC(=O)c1cc(NC(=O)COC(=O)c2cc(-c3ccc(C=O)o3)ccc2Cl)ccc1Cl. The number of amides is 1. The van der Waals surface area contributed by atoms with Crippen LogP contribution in [0.2, 0.25) is 10.0 Å². The lowest BCUT2D eigenvalue weighted by molar-refractivity contribution is -0.119. The van der Waals surface area contributed by atoms with Crippen molar-refractivity contribution in [1.82, 2.24) is 0 Å². The van der Waals surface area contributed by atoms with Crippen molar-refractivity contribution in [3.63, 3.8) is 0 Å². The zero-order valence-electron chi connectivity index (χ0n) is 17.9. The minimum atomic E-state index is -0.830. The van der Waals surface area contributed by atoms with Crippen LogP contribution in [0, 0.1) is 0 Å². The van der Waals surface area contributed by atoms with Crippen LogP contribution < -0.4 is 5.32 Å². The number of benzene rings is 2. The Kier molecular flexibility index (Phi) is 8.45. The first-order chi connectivity index (χ1) is 16.3. The van der Waals surface area contributed by atoms with E-state index >= 15 is 0 Å². The molecule has 3 aromatic rings. The highest BCUT2D eigenvalue weighted by Crippen LogP contribution is 2.27. The summed E-state index contributed by atoms with van der Waals surface area (Å²) in [5, 5.41) is 2.82. The molecular weight excluding hydrogens is 485 g/mol. The van der Waals surface area contributed by atoms with Crippen LogP contribution in [0.1, 0.15) is 44.6 Å². The van der Waals surface area contributed by atoms with Crippen molar-refractivity contribution in [2.45, 2.75) is 13.3 Å². The van der Waals surface area contributed by atoms with Crippen molar-refractivity contribution in [1.29, 1.82) is 0 Å². The lowest BCUT2D eigenvalue weighted by atomic mass is 10.1. The predicted octanol–water partition coefficient (Wildman–Crippen LogP) is 5.43. The van der Waals surface area contributed by atoms with Crippen LogP contribution in [-0.2, 0) is 14.3 Å². The first-order valence-electron chi connectivity index (χ1n) is 10.1. The Labute approximate surface area is 204 Å². The highest BCUT2D eigenvalue weighted by atomic mass is 35.5. The molecule has 0 radical (unpaired) electrons. The van der Waals surface area contributed by atoms with Crippen LogP contribution in [0.25, 0.3) is 11.3 Å². The summed E-state index contributed by atoms with van der Waals surface area (Å²) in [6.45, 7) is 1.49. The van der Waals surface area contributed by atoms with Crippen LogP contribution >= 0.6 is 23.2 Å². The molecule has 0 saturated heterocycles. The molecule has 1 heterocycles. The molecule has 176 valence electrons. The molecule has 0 unspecified atom stereocenters. The van der Waals surface area contributed by atoms with Gasteiger partial charge in [0.05, 0.1) is 27.8 Å². The average molecular weight is 504 g/mol. The Bertz CT molecular complexity index is 1240. The number of nitrogens with one attached hydrogen (secondary N) is 1. The summed E-state index contributed by atoms with van der Waals surface area (Å²) in [6, 6.07) is 11.9. The van der Waals surface area contributed by atoms with Gasteiger partial charge in [0, 0.05) is 11.3 Å². The highest BCUT2D eigenvalue weighted by molar-refractivity contribution is 6.34. The van der Waals surface area contributed by atoms with Gasteiger partial charge >= 0.3 is 11.9 Å². The molecule has 10 heteroatoms. The first kappa shape index (κ1) is 25.0. The van der Waals surface area contributed by atoms with Crippen molar-refractivity contribution in [3.05, 3.63) is 75.5 Å². The number of hydrogen-bond donors (Lipinski definition) is 1. The first-order valence-corrected chi connectivity index (χ1v) is 10.9. The summed E-state index contributed by atoms with van der Waals surface area (Å²) in [6.07, 6.45) is 1.21. The van der Waals surface area contributed by atoms with Gasteiger partial charge in [0.1, 0.15) is 5.76 Å². The monoisotopic (exact) mass is 503 g/mol. The fourth-order valence-corrected chi connectivity index (χ4v) is 3.23. The fraction of sp³-hybridized carbons (Fsp3) is 0.167. The van der Waals surface area contributed by atoms with E-state index in [-0.39, 0.29) is 39.2 Å². The third kappa shape index (κ3) is 6.24. The third-order valence-corrected chi connectivity index (χ3v) is 5.11. The zero-order valence-corrected chi connectivity index (χ0v) is 19.4. The number of carbonyl (C=O) groups is 4. The molecule has 3 rings (SSSR count). The van der Waals surface area contributed by atoms with Crippen molar-refractivity contribution in [3.8, 4) is 11.3 Å². The average Bonchev–Trinajstić information content (AvgIpc) is 3.32. The van der Waals surface area contributed by atoms with E-state index in [1.165, 1.54) is 36.4 Å². The van der Waals surface area contributed by atoms with Gasteiger partial charge in [-0.1, -0.05) is 30.1 Å². The molecule has 1 N–H and O–H groups in total. The van der Waals surface area contributed by atoms with Crippen LogP contribution in [0.3, 0.4) is 0 Å². The molecular formula is C24H19Cl2NO7. The molecule has 0 aliphatic heterocycles. The molecule has 2 aromatic carbocycles. The molecule has 0 aliphatic carbocycles. The number of ether oxygens (including phenoxy) is 2. The number of hydrogen-bond acceptors (Lipinski definition) is 7. The summed E-state index contributed by atoms with van der Waals surface area (Å²) in [5.41, 5.74) is 0.892. The van der Waals surface area contributed by atoms with Gasteiger partial charge in [0.15, 0.2) is 18.7 Å². The van der Waals surface area contributed by atoms with Gasteiger partial charge in [-0.25, -0.2) is 9.59 Å². The fourth-order valence-electron chi connectivity index (χ4n) is 2.84. The van der Waals surface area contributed by atoms with E-state index in [1.807, 2.05) is 6.92 Å². The lowest BCUT2D eigenvalue weighted by Gasteiger charge is -2.10. The minimum absolute atomic E-state index is 0.0171. The second kappa shape index (κ2) is 11.5. The van der Waals surface area contributed by atoms with E-state index < -0.39 is 24.5 Å². The maximum absolute atomic E-state index is 12.5. The van der Waals surface area contributed by atoms with Gasteiger partial charge in [-0.3, -0.25) is 9.59 Å². The van der Waals surface area contributed by atoms with Gasteiger partial charge < -0.3 is 19.2 Å². The van der Waals surface area contributed by atoms with Gasteiger partial charge in [-0.15, -0.1) is 0 Å². The molecule has 0 fully saturated rings. The normalized spacial score (nSPS) is 10.4. The van der Waals surface area contributed by atoms with Gasteiger partial charge in [0.25, 0.3) is 5.91 Å². The van der Waals surface area contributed by atoms with Gasteiger partial charge in [-0.05, 0) is 55.0 Å². The van der Waals surface area contributed by atoms with Gasteiger partial charge in [0.2, 0.25) is 0 Å². The molecule has 34 heavy (non-hydrogen) atoms. The molecule has 0 saturated carbocycles. The Morgan fingerprint density at radius 3 is 2.29 bits per heavy atom. The van der Waals surface area contributed by atoms with E-state index in [1.54, 1.807) is 12.1 Å². The zero-order chi connectivity index (χ0) is 24.7. The second-order valence-electron chi connectivity index (χ2n) is 6.97. The molecule has 1 aromatic heterocycles. The number of anilines is 1. The van der Waals surface area contributed by atoms with Gasteiger partial charge in [-0.2, -0.15) is 0 Å². The van der Waals surface area contributed by atoms with Crippen molar-refractivity contribution in [2.24, 2.45) is 0 Å². The number of rotatable bonds is 9. The van der Waals surface area contributed by atoms with Crippen LogP contribution in [-0.4, -0.2) is 37.3 Å². The predicted molar refractivity (Wildman–Crippen MR) is 125 cm³/mol. The van der Waals surface area contributed by atoms with Crippen molar-refractivity contribution >= 4 is 53.0 Å². The quantitative estimate of drug-likeness (QED) is 0.306. The van der Waals surface area contributed by atoms with E-state index in [9.17, 15) is 19.2 Å². The summed E-state index contributed by atoms with van der Waals surface area (Å²) in [4.78, 5) is 47.7. The van der Waals surface area contributed by atoms with Crippen LogP contribution in [0.15, 0.2) is 52.9 Å². The summed E-state index contributed by atoms with van der Waals surface area (Å²) >= 11 is 12.1. The van der Waals surface area contributed by atoms with Crippen LogP contribution in [0.4, 0.5) is 5.69 Å². The van der Waals surface area contributed by atoms with Crippen molar-refractivity contribution < 1.29 is 33.1 Å². The third-order valence-electron chi connectivity index (χ3n) is 4.46. The molecule has 0 bridgehead atoms. The summed E-state index contributed by atoms with van der Waals surface area (Å²) < 4.78 is 15.5. The van der Waals surface area contributed by atoms with E-state index in [0.717, 1.165) is 0 Å². The van der Waals surface area contributed by atoms with Crippen LogP contribution in [0.5, 0.6) is 0 Å². The maximum Gasteiger partial charge on any atom is 0.340 e. The standard InChI is InChI=1S/C24H19Cl2NO7/c1-2-9-32-23(30)18-11-15(4-7-20(18)26)27-22(29)13-33-24(31)17-10-14(3-6-19(17)25)21-8-5-16(12-28)34-21/h3-8,10-12H,2,9,13H2,1H3,(H,27,29).